The van der Waals surface area contributed by atoms with Crippen LogP contribution in [0.3, 0.4) is 0 Å². The summed E-state index contributed by atoms with van der Waals surface area (Å²) in [6.07, 6.45) is 5.55. The van der Waals surface area contributed by atoms with Gasteiger partial charge in [-0.1, -0.05) is 29.8 Å². The zero-order valence-electron chi connectivity index (χ0n) is 11.6. The second kappa shape index (κ2) is 5.28. The first-order chi connectivity index (χ1) is 10.8. The molecule has 0 aliphatic rings. The summed E-state index contributed by atoms with van der Waals surface area (Å²) in [7, 11) is 0. The van der Waals surface area contributed by atoms with E-state index in [0.29, 0.717) is 5.02 Å². The van der Waals surface area contributed by atoms with E-state index >= 15 is 0 Å². The molecule has 22 heavy (non-hydrogen) atoms. The van der Waals surface area contributed by atoms with E-state index in [4.69, 9.17) is 11.6 Å². The molecule has 4 aromatic rings. The predicted octanol–water partition coefficient (Wildman–Crippen LogP) is 4.72. The zero-order chi connectivity index (χ0) is 14.9. The van der Waals surface area contributed by atoms with Crippen molar-refractivity contribution in [3.05, 3.63) is 78.2 Å². The summed E-state index contributed by atoms with van der Waals surface area (Å²) in [4.78, 5) is 4.55. The van der Waals surface area contributed by atoms with Gasteiger partial charge >= 0.3 is 0 Å². The molecule has 3 heterocycles. The summed E-state index contributed by atoms with van der Waals surface area (Å²) in [6, 6.07) is 17.9. The van der Waals surface area contributed by atoms with Gasteiger partial charge < -0.3 is 0 Å². The van der Waals surface area contributed by atoms with Crippen molar-refractivity contribution in [3.8, 4) is 22.4 Å². The maximum atomic E-state index is 6.12. The lowest BCUT2D eigenvalue weighted by Crippen LogP contribution is -1.91. The molecule has 3 nitrogen and oxygen atoms in total. The van der Waals surface area contributed by atoms with Gasteiger partial charge in [0.2, 0.25) is 0 Å². The number of hydrogen-bond acceptors (Lipinski definition) is 2. The normalized spacial score (nSPS) is 11.0. The van der Waals surface area contributed by atoms with Gasteiger partial charge in [-0.25, -0.2) is 4.52 Å². The predicted molar refractivity (Wildman–Crippen MR) is 88.9 cm³/mol. The van der Waals surface area contributed by atoms with E-state index in [9.17, 15) is 0 Å². The average molecular weight is 306 g/mol. The third-order valence-electron chi connectivity index (χ3n) is 3.62. The van der Waals surface area contributed by atoms with Crippen molar-refractivity contribution < 1.29 is 0 Å². The van der Waals surface area contributed by atoms with Crippen LogP contribution in [0.15, 0.2) is 73.2 Å². The molecule has 0 radical (unpaired) electrons. The maximum absolute atomic E-state index is 6.12. The molecule has 1 aromatic carbocycles. The van der Waals surface area contributed by atoms with E-state index in [1.807, 2.05) is 53.2 Å². The Balaban J connectivity index is 1.92. The molecule has 3 aromatic heterocycles. The highest BCUT2D eigenvalue weighted by Crippen LogP contribution is 2.31. The molecule has 0 unspecified atom stereocenters. The third kappa shape index (κ3) is 2.26. The molecular weight excluding hydrogens is 294 g/mol. The molecule has 0 aliphatic carbocycles. The lowest BCUT2D eigenvalue weighted by molar-refractivity contribution is 0.962. The van der Waals surface area contributed by atoms with E-state index in [1.54, 1.807) is 12.4 Å². The first-order valence-corrected chi connectivity index (χ1v) is 7.34. The summed E-state index contributed by atoms with van der Waals surface area (Å²) < 4.78 is 1.85. The molecule has 0 fully saturated rings. The van der Waals surface area contributed by atoms with Crippen LogP contribution in [0.4, 0.5) is 0 Å². The number of aromatic nitrogens is 3. The fraction of sp³-hybridized carbons (Fsp3) is 0. The smallest absolute Gasteiger partial charge is 0.0780 e. The van der Waals surface area contributed by atoms with E-state index in [0.717, 1.165) is 27.9 Å². The fourth-order valence-corrected chi connectivity index (χ4v) is 2.78. The monoisotopic (exact) mass is 305 g/mol. The maximum Gasteiger partial charge on any atom is 0.0780 e. The van der Waals surface area contributed by atoms with Gasteiger partial charge in [0.05, 0.1) is 11.2 Å². The standard InChI is InChI=1S/C18H12ClN3/c19-15-4-1-3-14(11-15)18-17(5-2-8-20-18)13-7-10-22-16(12-13)6-9-21-22/h1-12H. The molecule has 0 bridgehead atoms. The Morgan fingerprint density at radius 2 is 1.82 bits per heavy atom. The van der Waals surface area contributed by atoms with Crippen LogP contribution in [0, 0.1) is 0 Å². The summed E-state index contributed by atoms with van der Waals surface area (Å²) in [5.74, 6) is 0. The molecule has 0 N–H and O–H groups in total. The number of nitrogens with zero attached hydrogens (tertiary/aromatic N) is 3. The Bertz CT molecular complexity index is 959. The number of fused-ring (bicyclic) bond motifs is 1. The SMILES string of the molecule is Clc1cccc(-c2ncccc2-c2ccn3nccc3c2)c1. The third-order valence-corrected chi connectivity index (χ3v) is 3.85. The molecule has 0 atom stereocenters. The van der Waals surface area contributed by atoms with Crippen LogP contribution in [0.1, 0.15) is 0 Å². The summed E-state index contributed by atoms with van der Waals surface area (Å²) in [5.41, 5.74) is 5.17. The highest BCUT2D eigenvalue weighted by atomic mass is 35.5. The lowest BCUT2D eigenvalue weighted by atomic mass is 10.00. The first kappa shape index (κ1) is 13.0. The average Bonchev–Trinajstić information content (AvgIpc) is 3.02. The number of halogens is 1. The van der Waals surface area contributed by atoms with Crippen molar-refractivity contribution in [1.82, 2.24) is 14.6 Å². The van der Waals surface area contributed by atoms with E-state index < -0.39 is 0 Å². The molecular formula is C18H12ClN3. The van der Waals surface area contributed by atoms with E-state index in [2.05, 4.69) is 22.2 Å². The van der Waals surface area contributed by atoms with Crippen LogP contribution in [0.2, 0.25) is 5.02 Å². The molecule has 0 saturated carbocycles. The number of rotatable bonds is 2. The van der Waals surface area contributed by atoms with Gasteiger partial charge in [0.25, 0.3) is 0 Å². The van der Waals surface area contributed by atoms with E-state index in [-0.39, 0.29) is 0 Å². The number of pyridine rings is 2. The molecule has 0 amide bonds. The quantitative estimate of drug-likeness (QED) is 0.536. The highest BCUT2D eigenvalue weighted by molar-refractivity contribution is 6.30. The molecule has 0 spiro atoms. The van der Waals surface area contributed by atoms with E-state index in [1.165, 1.54) is 0 Å². The molecule has 4 heteroatoms. The summed E-state index contributed by atoms with van der Waals surface area (Å²) in [5, 5.41) is 4.94. The minimum atomic E-state index is 0.709. The molecule has 106 valence electrons. The fourth-order valence-electron chi connectivity index (χ4n) is 2.59. The minimum absolute atomic E-state index is 0.709. The Hall–Kier alpha value is -2.65. The van der Waals surface area contributed by atoms with Crippen LogP contribution < -0.4 is 0 Å². The van der Waals surface area contributed by atoms with Crippen LogP contribution in [-0.4, -0.2) is 14.6 Å². The first-order valence-electron chi connectivity index (χ1n) is 6.96. The van der Waals surface area contributed by atoms with Crippen molar-refractivity contribution in [1.29, 1.82) is 0 Å². The van der Waals surface area contributed by atoms with Crippen LogP contribution in [0.5, 0.6) is 0 Å². The Morgan fingerprint density at radius 3 is 2.73 bits per heavy atom. The lowest BCUT2D eigenvalue weighted by Gasteiger charge is -2.09. The molecule has 0 aliphatic heterocycles. The largest absolute Gasteiger partial charge is 0.256 e. The summed E-state index contributed by atoms with van der Waals surface area (Å²) >= 11 is 6.12. The van der Waals surface area contributed by atoms with Gasteiger partial charge in [-0.15, -0.1) is 0 Å². The highest BCUT2D eigenvalue weighted by Gasteiger charge is 2.09. The second-order valence-corrected chi connectivity index (χ2v) is 5.46. The van der Waals surface area contributed by atoms with Gasteiger partial charge in [-0.3, -0.25) is 4.98 Å². The Morgan fingerprint density at radius 1 is 0.864 bits per heavy atom. The van der Waals surface area contributed by atoms with Gasteiger partial charge in [0.15, 0.2) is 0 Å². The number of benzene rings is 1. The van der Waals surface area contributed by atoms with Crippen molar-refractivity contribution >= 4 is 17.1 Å². The van der Waals surface area contributed by atoms with Gasteiger partial charge in [-0.05, 0) is 42.0 Å². The van der Waals surface area contributed by atoms with Crippen molar-refractivity contribution in [2.45, 2.75) is 0 Å². The molecule has 4 rings (SSSR count). The minimum Gasteiger partial charge on any atom is -0.256 e. The van der Waals surface area contributed by atoms with Crippen LogP contribution >= 0.6 is 11.6 Å². The van der Waals surface area contributed by atoms with Crippen molar-refractivity contribution in [3.63, 3.8) is 0 Å². The zero-order valence-corrected chi connectivity index (χ0v) is 12.4. The van der Waals surface area contributed by atoms with Gasteiger partial charge in [0.1, 0.15) is 0 Å². The number of hydrogen-bond donors (Lipinski definition) is 0. The summed E-state index contributed by atoms with van der Waals surface area (Å²) in [6.45, 7) is 0. The second-order valence-electron chi connectivity index (χ2n) is 5.03. The van der Waals surface area contributed by atoms with Crippen LogP contribution in [-0.2, 0) is 0 Å². The molecule has 0 saturated heterocycles. The Labute approximate surface area is 132 Å². The van der Waals surface area contributed by atoms with Gasteiger partial charge in [-0.2, -0.15) is 5.10 Å². The van der Waals surface area contributed by atoms with Gasteiger partial charge in [0, 0.05) is 34.7 Å². The van der Waals surface area contributed by atoms with Crippen molar-refractivity contribution in [2.75, 3.05) is 0 Å². The Kier molecular flexibility index (Phi) is 3.13. The van der Waals surface area contributed by atoms with Crippen molar-refractivity contribution in [2.24, 2.45) is 0 Å². The van der Waals surface area contributed by atoms with Crippen LogP contribution in [0.25, 0.3) is 27.9 Å². The topological polar surface area (TPSA) is 30.2 Å².